The van der Waals surface area contributed by atoms with Crippen molar-refractivity contribution in [2.75, 3.05) is 20.1 Å². The zero-order valence-corrected chi connectivity index (χ0v) is 13.8. The molecule has 0 radical (unpaired) electrons. The minimum Gasteiger partial charge on any atom is -0.423 e. The second-order valence-corrected chi connectivity index (χ2v) is 6.30. The summed E-state index contributed by atoms with van der Waals surface area (Å²) in [7, 11) is 1.84. The molecule has 1 amide bonds. The first-order valence-electron chi connectivity index (χ1n) is 8.01. The maximum absolute atomic E-state index is 12.0. The van der Waals surface area contributed by atoms with Gasteiger partial charge >= 0.3 is 5.63 Å². The normalized spacial score (nSPS) is 19.5. The molecule has 3 rings (SSSR count). The number of nitrogens with zero attached hydrogens (tertiary/aromatic N) is 2. The van der Waals surface area contributed by atoms with E-state index in [1.807, 2.05) is 26.1 Å². The van der Waals surface area contributed by atoms with Crippen LogP contribution >= 0.6 is 0 Å². The highest BCUT2D eigenvalue weighted by Gasteiger charge is 2.27. The number of aryl methyl sites for hydroxylation is 1. The van der Waals surface area contributed by atoms with Gasteiger partial charge in [0.05, 0.1) is 6.54 Å². The van der Waals surface area contributed by atoms with Gasteiger partial charge in [0.25, 0.3) is 0 Å². The predicted molar refractivity (Wildman–Crippen MR) is 89.4 cm³/mol. The zero-order chi connectivity index (χ0) is 16.6. The van der Waals surface area contributed by atoms with Crippen LogP contribution in [0.15, 0.2) is 33.5 Å². The van der Waals surface area contributed by atoms with Gasteiger partial charge in [-0.2, -0.15) is 0 Å². The van der Waals surface area contributed by atoms with Crippen LogP contribution in [0.5, 0.6) is 0 Å². The van der Waals surface area contributed by atoms with Crippen LogP contribution in [0.3, 0.4) is 0 Å². The van der Waals surface area contributed by atoms with Gasteiger partial charge in [0.2, 0.25) is 5.91 Å². The van der Waals surface area contributed by atoms with Gasteiger partial charge in [-0.25, -0.2) is 4.79 Å². The van der Waals surface area contributed by atoms with E-state index in [4.69, 9.17) is 4.42 Å². The predicted octanol–water partition coefficient (Wildman–Crippen LogP) is 2.02. The number of rotatable bonds is 3. The average molecular weight is 314 g/mol. The fraction of sp³-hybridized carbons (Fsp3) is 0.444. The van der Waals surface area contributed by atoms with Crippen molar-refractivity contribution < 1.29 is 9.21 Å². The fourth-order valence-electron chi connectivity index (χ4n) is 3.10. The van der Waals surface area contributed by atoms with Crippen molar-refractivity contribution in [1.82, 2.24) is 9.80 Å². The molecule has 1 saturated heterocycles. The Morgan fingerprint density at radius 3 is 2.74 bits per heavy atom. The van der Waals surface area contributed by atoms with Crippen LogP contribution < -0.4 is 5.63 Å². The third-order valence-corrected chi connectivity index (χ3v) is 4.63. The largest absolute Gasteiger partial charge is 0.423 e. The molecule has 1 aromatic heterocycles. The second kappa shape index (κ2) is 6.16. The molecule has 5 heteroatoms. The van der Waals surface area contributed by atoms with Crippen molar-refractivity contribution in [2.24, 2.45) is 0 Å². The van der Waals surface area contributed by atoms with Crippen molar-refractivity contribution in [2.45, 2.75) is 32.9 Å². The first kappa shape index (κ1) is 15.7. The van der Waals surface area contributed by atoms with E-state index in [-0.39, 0.29) is 17.6 Å². The van der Waals surface area contributed by atoms with E-state index in [9.17, 15) is 9.59 Å². The van der Waals surface area contributed by atoms with Gasteiger partial charge in [0.1, 0.15) is 5.58 Å². The van der Waals surface area contributed by atoms with Gasteiger partial charge < -0.3 is 9.32 Å². The minimum atomic E-state index is -0.342. The number of fused-ring (bicyclic) bond motifs is 1. The minimum absolute atomic E-state index is 0.116. The lowest BCUT2D eigenvalue weighted by Gasteiger charge is -2.37. The number of hydrogen-bond acceptors (Lipinski definition) is 4. The van der Waals surface area contributed by atoms with Crippen LogP contribution in [0, 0.1) is 0 Å². The maximum atomic E-state index is 12.0. The van der Waals surface area contributed by atoms with E-state index >= 15 is 0 Å². The highest BCUT2D eigenvalue weighted by molar-refractivity contribution is 5.81. The molecule has 1 fully saturated rings. The Morgan fingerprint density at radius 2 is 2.04 bits per heavy atom. The molecule has 0 aliphatic carbocycles. The van der Waals surface area contributed by atoms with E-state index in [1.165, 1.54) is 5.56 Å². The molecule has 0 N–H and O–H groups in total. The van der Waals surface area contributed by atoms with Crippen molar-refractivity contribution in [3.8, 4) is 0 Å². The summed E-state index contributed by atoms with van der Waals surface area (Å²) in [5, 5.41) is 0.961. The molecule has 5 nitrogen and oxygen atoms in total. The number of hydrogen-bond donors (Lipinski definition) is 0. The highest BCUT2D eigenvalue weighted by atomic mass is 16.4. The third kappa shape index (κ3) is 3.15. The van der Waals surface area contributed by atoms with Crippen LogP contribution in [0.1, 0.15) is 25.0 Å². The molecule has 1 aromatic carbocycles. The lowest BCUT2D eigenvalue weighted by Crippen LogP contribution is -2.53. The van der Waals surface area contributed by atoms with E-state index in [0.29, 0.717) is 18.7 Å². The Kier molecular flexibility index (Phi) is 4.22. The SMILES string of the molecule is CCc1ccc2oc(=O)cc(CN3CC(=O)N(C)[C@H](C)C3)c2c1. The summed E-state index contributed by atoms with van der Waals surface area (Å²) < 4.78 is 5.30. The summed E-state index contributed by atoms with van der Waals surface area (Å²) >= 11 is 0. The molecular weight excluding hydrogens is 292 g/mol. The average Bonchev–Trinajstić information content (AvgIpc) is 2.52. The molecule has 0 unspecified atom stereocenters. The first-order valence-corrected chi connectivity index (χ1v) is 8.01. The number of amides is 1. The zero-order valence-electron chi connectivity index (χ0n) is 13.8. The molecule has 0 spiro atoms. The topological polar surface area (TPSA) is 53.8 Å². The number of carbonyl (C=O) groups is 1. The van der Waals surface area contributed by atoms with Gasteiger partial charge in [0.15, 0.2) is 0 Å². The van der Waals surface area contributed by atoms with Gasteiger partial charge in [0, 0.05) is 37.6 Å². The molecule has 122 valence electrons. The van der Waals surface area contributed by atoms with E-state index in [1.54, 1.807) is 11.0 Å². The molecule has 0 bridgehead atoms. The molecule has 1 atom stereocenters. The van der Waals surface area contributed by atoms with Crippen LogP contribution in [0.4, 0.5) is 0 Å². The Morgan fingerprint density at radius 1 is 1.26 bits per heavy atom. The summed E-state index contributed by atoms with van der Waals surface area (Å²) in [6, 6.07) is 7.64. The van der Waals surface area contributed by atoms with Crippen LogP contribution in [0.2, 0.25) is 0 Å². The number of piperazine rings is 1. The first-order chi connectivity index (χ1) is 11.0. The van der Waals surface area contributed by atoms with Crippen molar-refractivity contribution in [3.63, 3.8) is 0 Å². The smallest absolute Gasteiger partial charge is 0.336 e. The van der Waals surface area contributed by atoms with Gasteiger partial charge in [-0.3, -0.25) is 9.69 Å². The van der Waals surface area contributed by atoms with Crippen molar-refractivity contribution >= 4 is 16.9 Å². The molecule has 1 aliphatic rings. The quantitative estimate of drug-likeness (QED) is 0.813. The third-order valence-electron chi connectivity index (χ3n) is 4.63. The molecule has 23 heavy (non-hydrogen) atoms. The van der Waals surface area contributed by atoms with Gasteiger partial charge in [-0.05, 0) is 36.6 Å². The Bertz CT molecular complexity index is 796. The van der Waals surface area contributed by atoms with Crippen molar-refractivity contribution in [3.05, 3.63) is 45.8 Å². The summed E-state index contributed by atoms with van der Waals surface area (Å²) in [5.74, 6) is 0.116. The maximum Gasteiger partial charge on any atom is 0.336 e. The summed E-state index contributed by atoms with van der Waals surface area (Å²) in [6.45, 7) is 5.91. The summed E-state index contributed by atoms with van der Waals surface area (Å²) in [4.78, 5) is 27.7. The van der Waals surface area contributed by atoms with Crippen LogP contribution in [-0.4, -0.2) is 41.9 Å². The summed E-state index contributed by atoms with van der Waals surface area (Å²) in [6.07, 6.45) is 0.929. The molecule has 1 aliphatic heterocycles. The fourth-order valence-corrected chi connectivity index (χ4v) is 3.10. The van der Waals surface area contributed by atoms with E-state index in [2.05, 4.69) is 17.9 Å². The highest BCUT2D eigenvalue weighted by Crippen LogP contribution is 2.22. The van der Waals surface area contributed by atoms with Crippen molar-refractivity contribution in [1.29, 1.82) is 0 Å². The molecule has 0 saturated carbocycles. The van der Waals surface area contributed by atoms with Crippen LogP contribution in [0.25, 0.3) is 11.0 Å². The Labute approximate surface area is 135 Å². The number of benzene rings is 1. The molecular formula is C18H22N2O3. The van der Waals surface area contributed by atoms with Gasteiger partial charge in [-0.15, -0.1) is 0 Å². The number of carbonyl (C=O) groups excluding carboxylic acids is 1. The van der Waals surface area contributed by atoms with Crippen LogP contribution in [-0.2, 0) is 17.8 Å². The second-order valence-electron chi connectivity index (χ2n) is 6.30. The van der Waals surface area contributed by atoms with E-state index in [0.717, 1.165) is 23.9 Å². The Balaban J connectivity index is 1.96. The standard InChI is InChI=1S/C18H22N2O3/c1-4-13-5-6-16-15(7-13)14(8-18(22)23-16)10-20-9-12(2)19(3)17(21)11-20/h5-8,12H,4,9-11H2,1-3H3/t12-/m1/s1. The lowest BCUT2D eigenvalue weighted by atomic mass is 10.0. The molecule has 2 heterocycles. The summed E-state index contributed by atoms with van der Waals surface area (Å²) in [5.41, 5.74) is 2.40. The lowest BCUT2D eigenvalue weighted by molar-refractivity contribution is -0.137. The van der Waals surface area contributed by atoms with E-state index < -0.39 is 0 Å². The van der Waals surface area contributed by atoms with Gasteiger partial charge in [-0.1, -0.05) is 13.0 Å². The number of likely N-dealkylation sites (N-methyl/N-ethyl adjacent to an activating group) is 1. The Hall–Kier alpha value is -2.14. The monoisotopic (exact) mass is 314 g/mol. The molecule has 2 aromatic rings.